The minimum Gasteiger partial charge on any atom is -0.366 e. The van der Waals surface area contributed by atoms with Crippen LogP contribution in [0.2, 0.25) is 0 Å². The summed E-state index contributed by atoms with van der Waals surface area (Å²) >= 11 is 0. The highest BCUT2D eigenvalue weighted by molar-refractivity contribution is 5.73. The van der Waals surface area contributed by atoms with Gasteiger partial charge in [-0.2, -0.15) is 0 Å². The number of hydrogen-bond donors (Lipinski definition) is 0. The number of amides is 1. The molecule has 0 atom stereocenters. The normalized spacial score (nSPS) is 15.9. The van der Waals surface area contributed by atoms with Gasteiger partial charge in [0, 0.05) is 39.2 Å². The highest BCUT2D eigenvalue weighted by Crippen LogP contribution is 2.28. The van der Waals surface area contributed by atoms with Gasteiger partial charge in [-0.15, -0.1) is 0 Å². The molecule has 2 rings (SSSR count). The minimum atomic E-state index is -0.397. The van der Waals surface area contributed by atoms with E-state index in [-0.39, 0.29) is 23.3 Å². The molecule has 0 radical (unpaired) electrons. The molecule has 1 aromatic rings. The molecule has 0 saturated carbocycles. The largest absolute Gasteiger partial charge is 0.366 e. The summed E-state index contributed by atoms with van der Waals surface area (Å²) < 4.78 is 28.1. The van der Waals surface area contributed by atoms with Crippen LogP contribution in [0.1, 0.15) is 32.3 Å². The fourth-order valence-electron chi connectivity index (χ4n) is 2.50. The van der Waals surface area contributed by atoms with Gasteiger partial charge in [-0.25, -0.2) is 8.78 Å². The van der Waals surface area contributed by atoms with Crippen molar-refractivity contribution in [2.75, 3.05) is 31.1 Å². The molecule has 0 unspecified atom stereocenters. The van der Waals surface area contributed by atoms with Crippen LogP contribution in [0.3, 0.4) is 0 Å². The summed E-state index contributed by atoms with van der Waals surface area (Å²) in [6.45, 7) is 7.33. The first kappa shape index (κ1) is 14.8. The summed E-state index contributed by atoms with van der Waals surface area (Å²) in [6.07, 6.45) is 0. The van der Waals surface area contributed by atoms with E-state index in [1.165, 1.54) is 19.1 Å². The molecule has 1 heterocycles. The maximum absolute atomic E-state index is 14.1. The lowest BCUT2D eigenvalue weighted by atomic mass is 10.0. The summed E-state index contributed by atoms with van der Waals surface area (Å²) in [5.74, 6) is -0.795. The summed E-state index contributed by atoms with van der Waals surface area (Å²) in [7, 11) is 0. The smallest absolute Gasteiger partial charge is 0.219 e. The van der Waals surface area contributed by atoms with Crippen LogP contribution < -0.4 is 4.90 Å². The fourth-order valence-corrected chi connectivity index (χ4v) is 2.50. The van der Waals surface area contributed by atoms with Crippen LogP contribution in [-0.4, -0.2) is 37.0 Å². The second-order valence-corrected chi connectivity index (χ2v) is 5.47. The molecule has 1 fully saturated rings. The molecule has 1 saturated heterocycles. The summed E-state index contributed by atoms with van der Waals surface area (Å²) in [5, 5.41) is 0. The monoisotopic (exact) mass is 282 g/mol. The lowest BCUT2D eigenvalue weighted by molar-refractivity contribution is -0.129. The van der Waals surface area contributed by atoms with E-state index >= 15 is 0 Å². The Morgan fingerprint density at radius 1 is 1.10 bits per heavy atom. The Morgan fingerprint density at radius 2 is 1.70 bits per heavy atom. The Labute approximate surface area is 118 Å². The maximum Gasteiger partial charge on any atom is 0.219 e. The highest BCUT2D eigenvalue weighted by Gasteiger charge is 2.22. The molecule has 1 aliphatic rings. The SMILES string of the molecule is CC(=O)N1CCN(c2cc(F)c(C(C)C)cc2F)CC1. The van der Waals surface area contributed by atoms with Gasteiger partial charge in [0.15, 0.2) is 0 Å². The number of benzene rings is 1. The van der Waals surface area contributed by atoms with E-state index in [1.807, 2.05) is 13.8 Å². The highest BCUT2D eigenvalue weighted by atomic mass is 19.1. The molecule has 1 aromatic carbocycles. The quantitative estimate of drug-likeness (QED) is 0.832. The van der Waals surface area contributed by atoms with Crippen molar-refractivity contribution in [2.45, 2.75) is 26.7 Å². The number of anilines is 1. The second-order valence-electron chi connectivity index (χ2n) is 5.47. The number of hydrogen-bond acceptors (Lipinski definition) is 2. The zero-order chi connectivity index (χ0) is 14.9. The van der Waals surface area contributed by atoms with Gasteiger partial charge >= 0.3 is 0 Å². The van der Waals surface area contributed by atoms with Crippen molar-refractivity contribution in [1.29, 1.82) is 0 Å². The third-order valence-corrected chi connectivity index (χ3v) is 3.75. The zero-order valence-electron chi connectivity index (χ0n) is 12.1. The van der Waals surface area contributed by atoms with Gasteiger partial charge in [0.2, 0.25) is 5.91 Å². The maximum atomic E-state index is 14.1. The van der Waals surface area contributed by atoms with Gasteiger partial charge < -0.3 is 9.80 Å². The Bertz CT molecular complexity index is 509. The topological polar surface area (TPSA) is 23.6 Å². The second kappa shape index (κ2) is 5.77. The molecular formula is C15H20F2N2O. The van der Waals surface area contributed by atoms with Crippen molar-refractivity contribution in [1.82, 2.24) is 4.90 Å². The van der Waals surface area contributed by atoms with E-state index in [4.69, 9.17) is 0 Å². The Balaban J connectivity index is 2.18. The van der Waals surface area contributed by atoms with Crippen molar-refractivity contribution < 1.29 is 13.6 Å². The van der Waals surface area contributed by atoms with E-state index in [0.29, 0.717) is 31.7 Å². The first-order valence-electron chi connectivity index (χ1n) is 6.89. The van der Waals surface area contributed by atoms with E-state index in [0.717, 1.165) is 0 Å². The number of piperazine rings is 1. The molecule has 110 valence electrons. The van der Waals surface area contributed by atoms with Crippen molar-refractivity contribution >= 4 is 11.6 Å². The minimum absolute atomic E-state index is 0.0199. The van der Waals surface area contributed by atoms with Crippen LogP contribution in [0.4, 0.5) is 14.5 Å². The standard InChI is InChI=1S/C15H20F2N2O/c1-10(2)12-8-14(17)15(9-13(12)16)19-6-4-18(5-7-19)11(3)20/h8-10H,4-7H2,1-3H3. The average molecular weight is 282 g/mol. The first-order chi connectivity index (χ1) is 9.40. The molecule has 20 heavy (non-hydrogen) atoms. The van der Waals surface area contributed by atoms with E-state index in [1.54, 1.807) is 9.80 Å². The molecule has 5 heteroatoms. The molecule has 1 amide bonds. The number of carbonyl (C=O) groups is 1. The third-order valence-electron chi connectivity index (χ3n) is 3.75. The third kappa shape index (κ3) is 2.92. The van der Waals surface area contributed by atoms with Crippen molar-refractivity contribution in [3.63, 3.8) is 0 Å². The van der Waals surface area contributed by atoms with Gasteiger partial charge in [0.25, 0.3) is 0 Å². The predicted octanol–water partition coefficient (Wildman–Crippen LogP) is 2.76. The molecule has 0 bridgehead atoms. The molecule has 1 aliphatic heterocycles. The molecular weight excluding hydrogens is 262 g/mol. The summed E-state index contributed by atoms with van der Waals surface area (Å²) in [4.78, 5) is 14.8. The number of rotatable bonds is 2. The Hall–Kier alpha value is -1.65. The lowest BCUT2D eigenvalue weighted by Crippen LogP contribution is -2.48. The Morgan fingerprint density at radius 3 is 2.20 bits per heavy atom. The van der Waals surface area contributed by atoms with Crippen molar-refractivity contribution in [3.05, 3.63) is 29.3 Å². The predicted molar refractivity (Wildman–Crippen MR) is 74.9 cm³/mol. The molecule has 0 aliphatic carbocycles. The van der Waals surface area contributed by atoms with Gasteiger partial charge in [-0.05, 0) is 17.5 Å². The summed E-state index contributed by atoms with van der Waals surface area (Å²) in [5.41, 5.74) is 0.684. The lowest BCUT2D eigenvalue weighted by Gasteiger charge is -2.35. The van der Waals surface area contributed by atoms with Crippen LogP contribution in [0, 0.1) is 11.6 Å². The van der Waals surface area contributed by atoms with Gasteiger partial charge in [-0.3, -0.25) is 4.79 Å². The average Bonchev–Trinajstić information content (AvgIpc) is 2.40. The van der Waals surface area contributed by atoms with E-state index in [2.05, 4.69) is 0 Å². The molecule has 3 nitrogen and oxygen atoms in total. The van der Waals surface area contributed by atoms with E-state index in [9.17, 15) is 13.6 Å². The number of carbonyl (C=O) groups excluding carboxylic acids is 1. The Kier molecular flexibility index (Phi) is 4.26. The van der Waals surface area contributed by atoms with Crippen LogP contribution >= 0.6 is 0 Å². The van der Waals surface area contributed by atoms with Crippen LogP contribution in [0.5, 0.6) is 0 Å². The van der Waals surface area contributed by atoms with E-state index < -0.39 is 5.82 Å². The zero-order valence-corrected chi connectivity index (χ0v) is 12.1. The molecule has 0 aromatic heterocycles. The summed E-state index contributed by atoms with van der Waals surface area (Å²) in [6, 6.07) is 2.56. The van der Waals surface area contributed by atoms with Crippen molar-refractivity contribution in [3.8, 4) is 0 Å². The van der Waals surface area contributed by atoms with Gasteiger partial charge in [-0.1, -0.05) is 13.8 Å². The molecule has 0 spiro atoms. The fraction of sp³-hybridized carbons (Fsp3) is 0.533. The first-order valence-corrected chi connectivity index (χ1v) is 6.89. The number of nitrogens with zero attached hydrogens (tertiary/aromatic N) is 2. The van der Waals surface area contributed by atoms with Crippen molar-refractivity contribution in [2.24, 2.45) is 0 Å². The molecule has 0 N–H and O–H groups in total. The van der Waals surface area contributed by atoms with Crippen LogP contribution in [-0.2, 0) is 4.79 Å². The number of halogens is 2. The van der Waals surface area contributed by atoms with Gasteiger partial charge in [0.05, 0.1) is 5.69 Å². The van der Waals surface area contributed by atoms with Gasteiger partial charge in [0.1, 0.15) is 11.6 Å². The van der Waals surface area contributed by atoms with Crippen LogP contribution in [0.15, 0.2) is 12.1 Å². The van der Waals surface area contributed by atoms with Crippen LogP contribution in [0.25, 0.3) is 0 Å².